The number of fused-ring (bicyclic) bond motifs is 1. The number of nitrogens with zero attached hydrogens (tertiary/aromatic N) is 5. The fourth-order valence-electron chi connectivity index (χ4n) is 4.10. The van der Waals surface area contributed by atoms with Crippen molar-refractivity contribution in [3.05, 3.63) is 84.7 Å². The second-order valence-corrected chi connectivity index (χ2v) is 8.13. The molecule has 1 aliphatic heterocycles. The van der Waals surface area contributed by atoms with Crippen LogP contribution in [0.3, 0.4) is 0 Å². The molecule has 0 radical (unpaired) electrons. The van der Waals surface area contributed by atoms with E-state index in [2.05, 4.69) is 31.8 Å². The molecule has 6 nitrogen and oxygen atoms in total. The largest absolute Gasteiger partial charge is 0.363 e. The van der Waals surface area contributed by atoms with Gasteiger partial charge >= 0.3 is 0 Å². The third-order valence-electron chi connectivity index (χ3n) is 5.79. The maximum Gasteiger partial charge on any atom is 0.160 e. The second kappa shape index (κ2) is 8.88. The lowest BCUT2D eigenvalue weighted by Crippen LogP contribution is -2.18. The summed E-state index contributed by atoms with van der Waals surface area (Å²) in [6.45, 7) is 2.75. The highest BCUT2D eigenvalue weighted by molar-refractivity contribution is 6.08. The van der Waals surface area contributed by atoms with E-state index in [-0.39, 0.29) is 5.82 Å². The van der Waals surface area contributed by atoms with Crippen molar-refractivity contribution in [2.45, 2.75) is 0 Å². The van der Waals surface area contributed by atoms with Gasteiger partial charge in [-0.1, -0.05) is 12.1 Å². The van der Waals surface area contributed by atoms with Gasteiger partial charge in [-0.25, -0.2) is 14.4 Å². The highest BCUT2D eigenvalue weighted by Gasteiger charge is 2.16. The molecule has 0 unspecified atom stereocenters. The van der Waals surface area contributed by atoms with Crippen LogP contribution in [0.4, 0.5) is 4.39 Å². The van der Waals surface area contributed by atoms with E-state index in [4.69, 9.17) is 5.41 Å². The lowest BCUT2D eigenvalue weighted by Gasteiger charge is -2.15. The Balaban J connectivity index is 1.63. The summed E-state index contributed by atoms with van der Waals surface area (Å²) in [5, 5.41) is 8.82. The Labute approximate surface area is 191 Å². The van der Waals surface area contributed by atoms with E-state index < -0.39 is 0 Å². The van der Waals surface area contributed by atoms with E-state index in [1.165, 1.54) is 12.3 Å². The first-order valence-electron chi connectivity index (χ1n) is 10.7. The minimum Gasteiger partial charge on any atom is -0.363 e. The zero-order chi connectivity index (χ0) is 22.8. The van der Waals surface area contributed by atoms with Gasteiger partial charge in [0.1, 0.15) is 5.82 Å². The first kappa shape index (κ1) is 20.9. The summed E-state index contributed by atoms with van der Waals surface area (Å²) in [5.41, 5.74) is 4.84. The van der Waals surface area contributed by atoms with Crippen molar-refractivity contribution in [2.24, 2.45) is 0 Å². The molecule has 4 heterocycles. The summed E-state index contributed by atoms with van der Waals surface area (Å²) in [6.07, 6.45) is 8.59. The summed E-state index contributed by atoms with van der Waals surface area (Å²) in [6, 6.07) is 14.3. The van der Waals surface area contributed by atoms with Crippen LogP contribution in [-0.2, 0) is 0 Å². The zero-order valence-electron chi connectivity index (χ0n) is 18.2. The van der Waals surface area contributed by atoms with Crippen molar-refractivity contribution in [1.29, 1.82) is 5.41 Å². The van der Waals surface area contributed by atoms with Gasteiger partial charge in [0.2, 0.25) is 0 Å². The molecule has 3 aromatic heterocycles. The molecule has 1 saturated heterocycles. The van der Waals surface area contributed by atoms with Crippen LogP contribution in [-0.4, -0.2) is 57.8 Å². The molecule has 0 spiro atoms. The average molecular weight is 439 g/mol. The van der Waals surface area contributed by atoms with Crippen LogP contribution in [0, 0.1) is 11.2 Å². The molecule has 0 bridgehead atoms. The number of hydrogen-bond donors (Lipinski definition) is 1. The maximum atomic E-state index is 14.5. The molecular weight excluding hydrogens is 415 g/mol. The Hall–Kier alpha value is -3.97. The minimum absolute atomic E-state index is 0.331. The van der Waals surface area contributed by atoms with Crippen LogP contribution in [0.1, 0.15) is 5.56 Å². The highest BCUT2D eigenvalue weighted by Crippen LogP contribution is 2.33. The molecule has 7 heteroatoms. The predicted molar refractivity (Wildman–Crippen MR) is 129 cm³/mol. The summed E-state index contributed by atoms with van der Waals surface area (Å²) in [7, 11) is 2.08. The van der Waals surface area contributed by atoms with Crippen molar-refractivity contribution < 1.29 is 4.39 Å². The Bertz CT molecular complexity index is 1370. The molecule has 5 rings (SSSR count). The molecule has 0 amide bonds. The van der Waals surface area contributed by atoms with E-state index in [0.717, 1.165) is 47.4 Å². The average Bonchev–Trinajstić information content (AvgIpc) is 3.26. The van der Waals surface area contributed by atoms with E-state index in [1.54, 1.807) is 36.8 Å². The van der Waals surface area contributed by atoms with Crippen LogP contribution in [0.25, 0.3) is 39.0 Å². The van der Waals surface area contributed by atoms with Gasteiger partial charge in [0, 0.05) is 71.7 Å². The molecule has 33 heavy (non-hydrogen) atoms. The van der Waals surface area contributed by atoms with Crippen molar-refractivity contribution >= 4 is 22.8 Å². The van der Waals surface area contributed by atoms with Crippen LogP contribution >= 0.6 is 0 Å². The molecule has 0 aliphatic carbocycles. The summed E-state index contributed by atoms with van der Waals surface area (Å²) in [4.78, 5) is 17.9. The maximum absolute atomic E-state index is 14.5. The molecule has 4 aromatic rings. The molecule has 164 valence electrons. The number of likely N-dealkylation sites (N-methyl/N-ethyl adjacent to an activating group) is 1. The second-order valence-electron chi connectivity index (χ2n) is 8.13. The minimum atomic E-state index is -0.331. The lowest BCUT2D eigenvalue weighted by atomic mass is 9.98. The fourth-order valence-corrected chi connectivity index (χ4v) is 4.10. The van der Waals surface area contributed by atoms with Gasteiger partial charge in [-0.3, -0.25) is 9.88 Å². The first-order valence-corrected chi connectivity index (χ1v) is 10.7. The Morgan fingerprint density at radius 3 is 2.73 bits per heavy atom. The lowest BCUT2D eigenvalue weighted by molar-refractivity contribution is 0.341. The topological polar surface area (TPSA) is 69.0 Å². The predicted octanol–water partition coefficient (Wildman–Crippen LogP) is 4.69. The van der Waals surface area contributed by atoms with Gasteiger partial charge < -0.3 is 10.3 Å². The molecule has 0 atom stereocenters. The Kier molecular flexibility index (Phi) is 5.62. The molecule has 0 saturated carbocycles. The monoisotopic (exact) mass is 438 g/mol. The smallest absolute Gasteiger partial charge is 0.160 e. The standard InChI is InChI=1S/C26H23FN6/c1-32-9-10-33(17-32)16-20(13-28)18-11-19(15-29-14-18)23-12-25(22-5-2-3-7-24(22)27)31-26-21(23)6-4-8-30-26/h2-8,11-16,28H,9-10,17H2,1H3/b20-16+,28-13?. The van der Waals surface area contributed by atoms with Crippen molar-refractivity contribution in [3.8, 4) is 22.4 Å². The van der Waals surface area contributed by atoms with E-state index in [9.17, 15) is 4.39 Å². The molecular formula is C26H23FN6. The third kappa shape index (κ3) is 4.23. The Morgan fingerprint density at radius 2 is 1.94 bits per heavy atom. The number of nitrogens with one attached hydrogen (secondary N) is 1. The van der Waals surface area contributed by atoms with Crippen LogP contribution < -0.4 is 0 Å². The molecule has 1 aromatic carbocycles. The van der Waals surface area contributed by atoms with Crippen molar-refractivity contribution in [2.75, 3.05) is 26.8 Å². The van der Waals surface area contributed by atoms with Crippen molar-refractivity contribution in [3.63, 3.8) is 0 Å². The SMILES string of the molecule is CN1CCN(/C=C(\C=N)c2cncc(-c3cc(-c4ccccc4F)nc4ncccc34)c2)C1. The number of hydrogen-bond acceptors (Lipinski definition) is 6. The number of aromatic nitrogens is 3. The summed E-state index contributed by atoms with van der Waals surface area (Å²) < 4.78 is 14.5. The number of allylic oxidation sites excluding steroid dienone is 1. The number of benzene rings is 1. The number of halogens is 1. The Morgan fingerprint density at radius 1 is 1.06 bits per heavy atom. The fraction of sp³-hybridized carbons (Fsp3) is 0.154. The van der Waals surface area contributed by atoms with Crippen LogP contribution in [0.5, 0.6) is 0 Å². The highest BCUT2D eigenvalue weighted by atomic mass is 19.1. The summed E-state index contributed by atoms with van der Waals surface area (Å²) >= 11 is 0. The zero-order valence-corrected chi connectivity index (χ0v) is 18.2. The van der Waals surface area contributed by atoms with Gasteiger partial charge in [0.25, 0.3) is 0 Å². The molecule has 1 N–H and O–H groups in total. The third-order valence-corrected chi connectivity index (χ3v) is 5.79. The first-order chi connectivity index (χ1) is 16.1. The molecule has 1 fully saturated rings. The number of rotatable bonds is 5. The summed E-state index contributed by atoms with van der Waals surface area (Å²) in [5.74, 6) is -0.331. The van der Waals surface area contributed by atoms with Gasteiger partial charge in [-0.05, 0) is 49.0 Å². The van der Waals surface area contributed by atoms with Gasteiger partial charge in [0.15, 0.2) is 5.65 Å². The molecule has 1 aliphatic rings. The quantitative estimate of drug-likeness (QED) is 0.458. The van der Waals surface area contributed by atoms with E-state index in [0.29, 0.717) is 16.9 Å². The van der Waals surface area contributed by atoms with Gasteiger partial charge in [0.05, 0.1) is 12.4 Å². The number of pyridine rings is 3. The van der Waals surface area contributed by atoms with Gasteiger partial charge in [-0.15, -0.1) is 0 Å². The van der Waals surface area contributed by atoms with E-state index >= 15 is 0 Å². The van der Waals surface area contributed by atoms with Crippen LogP contribution in [0.15, 0.2) is 73.3 Å². The van der Waals surface area contributed by atoms with Crippen LogP contribution in [0.2, 0.25) is 0 Å². The normalized spacial score (nSPS) is 14.7. The van der Waals surface area contributed by atoms with Crippen molar-refractivity contribution in [1.82, 2.24) is 24.8 Å². The van der Waals surface area contributed by atoms with Gasteiger partial charge in [-0.2, -0.15) is 0 Å². The van der Waals surface area contributed by atoms with E-state index in [1.807, 2.05) is 30.5 Å².